The number of aryl methyl sites for hydroxylation is 1. The third kappa shape index (κ3) is 2.25. The Bertz CT molecular complexity index is 701. The Hall–Kier alpha value is -2.49. The third-order valence-electron chi connectivity index (χ3n) is 2.94. The summed E-state index contributed by atoms with van der Waals surface area (Å²) in [6.45, 7) is 1.94. The minimum atomic E-state index is -0.249. The van der Waals surface area contributed by atoms with E-state index in [0.29, 0.717) is 0 Å². The number of aromatic nitrogens is 3. The lowest BCUT2D eigenvalue weighted by Crippen LogP contribution is -1.87. The molecule has 0 atom stereocenters. The highest BCUT2D eigenvalue weighted by Crippen LogP contribution is 2.28. The molecule has 1 N–H and O–H groups in total. The molecule has 0 spiro atoms. The van der Waals surface area contributed by atoms with Gasteiger partial charge in [-0.3, -0.25) is 4.98 Å². The largest absolute Gasteiger partial charge is 0.344 e. The molecule has 3 rings (SSSR count). The lowest BCUT2D eigenvalue weighted by atomic mass is 10.1. The van der Waals surface area contributed by atoms with E-state index in [1.807, 2.05) is 19.1 Å². The Morgan fingerprint density at radius 3 is 2.53 bits per heavy atom. The van der Waals surface area contributed by atoms with Gasteiger partial charge in [0.1, 0.15) is 5.82 Å². The first-order chi connectivity index (χ1) is 9.24. The molecule has 3 nitrogen and oxygen atoms in total. The molecule has 0 aliphatic carbocycles. The van der Waals surface area contributed by atoms with Crippen molar-refractivity contribution in [1.82, 2.24) is 15.0 Å². The van der Waals surface area contributed by atoms with Gasteiger partial charge in [0, 0.05) is 23.0 Å². The molecule has 0 fully saturated rings. The molecule has 0 amide bonds. The van der Waals surface area contributed by atoms with Crippen molar-refractivity contribution < 1.29 is 4.39 Å². The van der Waals surface area contributed by atoms with E-state index in [9.17, 15) is 4.39 Å². The van der Waals surface area contributed by atoms with Crippen molar-refractivity contribution >= 4 is 0 Å². The molecule has 0 saturated carbocycles. The highest BCUT2D eigenvalue weighted by molar-refractivity contribution is 5.77. The molecule has 3 aromatic rings. The number of H-pyrrole nitrogens is 1. The van der Waals surface area contributed by atoms with Gasteiger partial charge in [0.15, 0.2) is 0 Å². The minimum absolute atomic E-state index is 0.249. The van der Waals surface area contributed by atoms with Crippen LogP contribution in [0.1, 0.15) is 5.69 Å². The fraction of sp³-hybridized carbons (Fsp3) is 0.0667. The van der Waals surface area contributed by atoms with E-state index < -0.39 is 0 Å². The quantitative estimate of drug-likeness (QED) is 0.758. The molecule has 94 valence electrons. The summed E-state index contributed by atoms with van der Waals surface area (Å²) in [5.41, 5.74) is 4.57. The molecule has 2 aromatic heterocycles. The van der Waals surface area contributed by atoms with Crippen molar-refractivity contribution in [2.24, 2.45) is 0 Å². The van der Waals surface area contributed by atoms with Crippen LogP contribution in [0, 0.1) is 12.7 Å². The van der Waals surface area contributed by atoms with Gasteiger partial charge in [0.2, 0.25) is 0 Å². The maximum absolute atomic E-state index is 13.0. The maximum Gasteiger partial charge on any atom is 0.123 e. The summed E-state index contributed by atoms with van der Waals surface area (Å²) in [4.78, 5) is 11.6. The summed E-state index contributed by atoms with van der Waals surface area (Å²) in [5, 5.41) is 0. The predicted octanol–water partition coefficient (Wildman–Crippen LogP) is 3.59. The number of nitrogens with zero attached hydrogens (tertiary/aromatic N) is 2. The van der Waals surface area contributed by atoms with Gasteiger partial charge < -0.3 is 4.98 Å². The second kappa shape index (κ2) is 4.65. The summed E-state index contributed by atoms with van der Waals surface area (Å²) in [5.74, 6) is -0.249. The number of nitrogens with one attached hydrogen (secondary N) is 1. The number of hydrogen-bond acceptors (Lipinski definition) is 2. The molecule has 4 heteroatoms. The highest BCUT2D eigenvalue weighted by atomic mass is 19.1. The molecule has 0 aliphatic rings. The monoisotopic (exact) mass is 253 g/mol. The Morgan fingerprint density at radius 1 is 1.00 bits per heavy atom. The Balaban J connectivity index is 2.10. The van der Waals surface area contributed by atoms with Crippen LogP contribution in [-0.4, -0.2) is 15.0 Å². The van der Waals surface area contributed by atoms with Gasteiger partial charge in [-0.25, -0.2) is 9.37 Å². The Kier molecular flexibility index (Phi) is 2.83. The predicted molar refractivity (Wildman–Crippen MR) is 71.9 cm³/mol. The SMILES string of the molecule is Cc1cc(-c2[nH]cnc2-c2ccc(F)cc2)ccn1. The number of aromatic amines is 1. The van der Waals surface area contributed by atoms with E-state index in [1.165, 1.54) is 12.1 Å². The molecular formula is C15H12FN3. The second-order valence-corrected chi connectivity index (χ2v) is 4.32. The highest BCUT2D eigenvalue weighted by Gasteiger charge is 2.10. The number of halogens is 1. The first-order valence-corrected chi connectivity index (χ1v) is 5.96. The van der Waals surface area contributed by atoms with E-state index >= 15 is 0 Å². The van der Waals surface area contributed by atoms with Gasteiger partial charge >= 0.3 is 0 Å². The average molecular weight is 253 g/mol. The van der Waals surface area contributed by atoms with E-state index in [2.05, 4.69) is 15.0 Å². The number of hydrogen-bond donors (Lipinski definition) is 1. The van der Waals surface area contributed by atoms with Crippen LogP contribution in [0.2, 0.25) is 0 Å². The summed E-state index contributed by atoms with van der Waals surface area (Å²) in [6.07, 6.45) is 3.41. The lowest BCUT2D eigenvalue weighted by Gasteiger charge is -2.04. The zero-order valence-corrected chi connectivity index (χ0v) is 10.4. The van der Waals surface area contributed by atoms with Crippen LogP contribution in [0.4, 0.5) is 4.39 Å². The molecule has 0 radical (unpaired) electrons. The zero-order chi connectivity index (χ0) is 13.2. The number of benzene rings is 1. The Labute approximate surface area is 110 Å². The average Bonchev–Trinajstić information content (AvgIpc) is 2.89. The van der Waals surface area contributed by atoms with Crippen molar-refractivity contribution in [2.75, 3.05) is 0 Å². The zero-order valence-electron chi connectivity index (χ0n) is 10.4. The smallest absolute Gasteiger partial charge is 0.123 e. The van der Waals surface area contributed by atoms with E-state index in [4.69, 9.17) is 0 Å². The van der Waals surface area contributed by atoms with Crippen LogP contribution in [0.25, 0.3) is 22.5 Å². The molecule has 1 aromatic carbocycles. The summed E-state index contributed by atoms with van der Waals surface area (Å²) in [6, 6.07) is 10.2. The van der Waals surface area contributed by atoms with Gasteiger partial charge in [-0.05, 0) is 43.3 Å². The lowest BCUT2D eigenvalue weighted by molar-refractivity contribution is 0.628. The van der Waals surface area contributed by atoms with Gasteiger partial charge in [-0.15, -0.1) is 0 Å². The first kappa shape index (κ1) is 11.6. The van der Waals surface area contributed by atoms with Crippen LogP contribution >= 0.6 is 0 Å². The van der Waals surface area contributed by atoms with Crippen LogP contribution in [0.3, 0.4) is 0 Å². The van der Waals surface area contributed by atoms with Crippen molar-refractivity contribution in [3.8, 4) is 22.5 Å². The second-order valence-electron chi connectivity index (χ2n) is 4.32. The van der Waals surface area contributed by atoms with Crippen molar-refractivity contribution in [2.45, 2.75) is 6.92 Å². The van der Waals surface area contributed by atoms with E-state index in [1.54, 1.807) is 24.7 Å². The normalized spacial score (nSPS) is 10.6. The van der Waals surface area contributed by atoms with Crippen LogP contribution in [0.15, 0.2) is 48.9 Å². The summed E-state index contributed by atoms with van der Waals surface area (Å²) < 4.78 is 13.0. The van der Waals surface area contributed by atoms with Gasteiger partial charge in [0.25, 0.3) is 0 Å². The molecule has 0 bridgehead atoms. The maximum atomic E-state index is 13.0. The molecule has 0 saturated heterocycles. The number of rotatable bonds is 2. The molecule has 0 unspecified atom stereocenters. The molecular weight excluding hydrogens is 241 g/mol. The fourth-order valence-corrected chi connectivity index (χ4v) is 2.04. The number of pyridine rings is 1. The first-order valence-electron chi connectivity index (χ1n) is 5.96. The van der Waals surface area contributed by atoms with Crippen molar-refractivity contribution in [3.05, 3.63) is 60.4 Å². The third-order valence-corrected chi connectivity index (χ3v) is 2.94. The molecule has 0 aliphatic heterocycles. The van der Waals surface area contributed by atoms with Gasteiger partial charge in [-0.2, -0.15) is 0 Å². The van der Waals surface area contributed by atoms with E-state index in [0.717, 1.165) is 28.2 Å². The van der Waals surface area contributed by atoms with Crippen LogP contribution < -0.4 is 0 Å². The number of imidazole rings is 1. The van der Waals surface area contributed by atoms with Crippen molar-refractivity contribution in [1.29, 1.82) is 0 Å². The topological polar surface area (TPSA) is 41.6 Å². The summed E-state index contributed by atoms with van der Waals surface area (Å²) >= 11 is 0. The molecule has 2 heterocycles. The van der Waals surface area contributed by atoms with Gasteiger partial charge in [-0.1, -0.05) is 0 Å². The minimum Gasteiger partial charge on any atom is -0.344 e. The Morgan fingerprint density at radius 2 is 1.79 bits per heavy atom. The fourth-order valence-electron chi connectivity index (χ4n) is 2.04. The van der Waals surface area contributed by atoms with Crippen LogP contribution in [0.5, 0.6) is 0 Å². The van der Waals surface area contributed by atoms with E-state index in [-0.39, 0.29) is 5.82 Å². The standard InChI is InChI=1S/C15H12FN3/c1-10-8-12(6-7-17-10)15-14(18-9-19-15)11-2-4-13(16)5-3-11/h2-9H,1H3,(H,18,19). The van der Waals surface area contributed by atoms with Crippen molar-refractivity contribution in [3.63, 3.8) is 0 Å². The van der Waals surface area contributed by atoms with Gasteiger partial charge in [0.05, 0.1) is 17.7 Å². The van der Waals surface area contributed by atoms with Crippen LogP contribution in [-0.2, 0) is 0 Å². The summed E-state index contributed by atoms with van der Waals surface area (Å²) in [7, 11) is 0. The molecule has 19 heavy (non-hydrogen) atoms.